The van der Waals surface area contributed by atoms with Crippen LogP contribution in [0.3, 0.4) is 0 Å². The molecule has 3 heteroatoms. The molecule has 3 rings (SSSR count). The third-order valence-electron chi connectivity index (χ3n) is 4.94. The molecule has 0 heterocycles. The Kier molecular flexibility index (Phi) is 5.08. The highest BCUT2D eigenvalue weighted by atomic mass is 16.5. The molecule has 0 saturated heterocycles. The molecule has 3 nitrogen and oxygen atoms in total. The van der Waals surface area contributed by atoms with Crippen molar-refractivity contribution in [3.05, 3.63) is 70.3 Å². The van der Waals surface area contributed by atoms with Gasteiger partial charge in [0.1, 0.15) is 0 Å². The predicted octanol–water partition coefficient (Wildman–Crippen LogP) is 5.29. The summed E-state index contributed by atoms with van der Waals surface area (Å²) in [5, 5.41) is 0. The van der Waals surface area contributed by atoms with Gasteiger partial charge in [0.25, 0.3) is 0 Å². The monoisotopic (exact) mass is 348 g/mol. The Balaban J connectivity index is 1.80. The van der Waals surface area contributed by atoms with Gasteiger partial charge >= 0.3 is 5.97 Å². The number of fused-ring (bicyclic) bond motifs is 1. The first-order chi connectivity index (χ1) is 12.4. The summed E-state index contributed by atoms with van der Waals surface area (Å²) in [7, 11) is 0. The fourth-order valence-corrected chi connectivity index (χ4v) is 3.32. The van der Waals surface area contributed by atoms with Crippen LogP contribution in [0, 0.1) is 0 Å². The number of hydrogen-bond donors (Lipinski definition) is 0. The minimum absolute atomic E-state index is 0.0500. The zero-order valence-corrected chi connectivity index (χ0v) is 15.5. The summed E-state index contributed by atoms with van der Waals surface area (Å²) in [6.07, 6.45) is 5.49. The largest absolute Gasteiger partial charge is 0.462 e. The topological polar surface area (TPSA) is 43.4 Å². The van der Waals surface area contributed by atoms with Gasteiger partial charge in [0.2, 0.25) is 0 Å². The molecule has 0 unspecified atom stereocenters. The van der Waals surface area contributed by atoms with E-state index in [1.54, 1.807) is 19.1 Å². The third kappa shape index (κ3) is 3.77. The smallest absolute Gasteiger partial charge is 0.338 e. The van der Waals surface area contributed by atoms with Crippen LogP contribution in [0.2, 0.25) is 0 Å². The van der Waals surface area contributed by atoms with Crippen molar-refractivity contribution in [2.45, 2.75) is 39.0 Å². The standard InChI is InChI=1S/C23H24O3/c1-4-26-22(25)18-10-7-16(8-11-18)5-6-17-9-12-20-19(15-17)21(24)13-14-23(20,2)3/h5-12,15H,4,13-14H2,1-3H3/b6-5+. The van der Waals surface area contributed by atoms with Gasteiger partial charge in [-0.15, -0.1) is 0 Å². The number of carbonyl (C=O) groups excluding carboxylic acids is 2. The SMILES string of the molecule is CCOC(=O)c1ccc(/C=C/c2ccc3c(c2)C(=O)CCC3(C)C)cc1. The molecule has 0 aliphatic heterocycles. The lowest BCUT2D eigenvalue weighted by Crippen LogP contribution is -2.27. The van der Waals surface area contributed by atoms with E-state index in [2.05, 4.69) is 26.0 Å². The molecule has 0 spiro atoms. The molecule has 0 saturated carbocycles. The quantitative estimate of drug-likeness (QED) is 0.557. The second kappa shape index (κ2) is 7.28. The molecule has 0 radical (unpaired) electrons. The van der Waals surface area contributed by atoms with Crippen molar-refractivity contribution in [3.8, 4) is 0 Å². The van der Waals surface area contributed by atoms with Gasteiger partial charge in [-0.25, -0.2) is 4.79 Å². The molecule has 26 heavy (non-hydrogen) atoms. The average molecular weight is 348 g/mol. The van der Waals surface area contributed by atoms with Crippen LogP contribution in [0.25, 0.3) is 12.2 Å². The van der Waals surface area contributed by atoms with Gasteiger partial charge in [-0.3, -0.25) is 4.79 Å². The van der Waals surface area contributed by atoms with Crippen LogP contribution in [-0.4, -0.2) is 18.4 Å². The van der Waals surface area contributed by atoms with E-state index < -0.39 is 0 Å². The minimum Gasteiger partial charge on any atom is -0.462 e. The van der Waals surface area contributed by atoms with E-state index in [0.717, 1.165) is 28.7 Å². The number of Topliss-reactive ketones (excluding diaryl/α,β-unsaturated/α-hetero) is 1. The third-order valence-corrected chi connectivity index (χ3v) is 4.94. The van der Waals surface area contributed by atoms with Gasteiger partial charge in [-0.2, -0.15) is 0 Å². The fourth-order valence-electron chi connectivity index (χ4n) is 3.32. The number of benzene rings is 2. The lowest BCUT2D eigenvalue weighted by atomic mass is 9.72. The van der Waals surface area contributed by atoms with Crippen LogP contribution in [-0.2, 0) is 10.2 Å². The summed E-state index contributed by atoms with van der Waals surface area (Å²) < 4.78 is 4.99. The molecule has 0 N–H and O–H groups in total. The molecule has 0 aromatic heterocycles. The molecular weight excluding hydrogens is 324 g/mol. The average Bonchev–Trinajstić information content (AvgIpc) is 2.64. The van der Waals surface area contributed by atoms with Crippen molar-refractivity contribution in [1.82, 2.24) is 0 Å². The maximum absolute atomic E-state index is 12.3. The zero-order chi connectivity index (χ0) is 18.7. The Morgan fingerprint density at radius 2 is 1.73 bits per heavy atom. The molecule has 2 aromatic carbocycles. The van der Waals surface area contributed by atoms with Gasteiger partial charge in [0.05, 0.1) is 12.2 Å². The number of rotatable bonds is 4. The number of hydrogen-bond acceptors (Lipinski definition) is 3. The summed E-state index contributed by atoms with van der Waals surface area (Å²) in [6.45, 7) is 6.55. The summed E-state index contributed by atoms with van der Waals surface area (Å²) >= 11 is 0. The first-order valence-electron chi connectivity index (χ1n) is 9.04. The maximum Gasteiger partial charge on any atom is 0.338 e. The van der Waals surface area contributed by atoms with Gasteiger partial charge in [-0.05, 0) is 53.6 Å². The van der Waals surface area contributed by atoms with Crippen LogP contribution >= 0.6 is 0 Å². The Morgan fingerprint density at radius 1 is 1.08 bits per heavy atom. The van der Waals surface area contributed by atoms with E-state index >= 15 is 0 Å². The zero-order valence-electron chi connectivity index (χ0n) is 15.5. The van der Waals surface area contributed by atoms with Crippen LogP contribution < -0.4 is 0 Å². The van der Waals surface area contributed by atoms with E-state index in [0.29, 0.717) is 18.6 Å². The van der Waals surface area contributed by atoms with Crippen molar-refractivity contribution >= 4 is 23.9 Å². The molecule has 2 aromatic rings. The highest BCUT2D eigenvalue weighted by Crippen LogP contribution is 2.37. The first-order valence-corrected chi connectivity index (χ1v) is 9.04. The number of esters is 1. The van der Waals surface area contributed by atoms with Gasteiger partial charge in [-0.1, -0.05) is 50.3 Å². The van der Waals surface area contributed by atoms with Crippen molar-refractivity contribution in [1.29, 1.82) is 0 Å². The Labute approximate surface area is 154 Å². The molecule has 134 valence electrons. The van der Waals surface area contributed by atoms with Crippen molar-refractivity contribution < 1.29 is 14.3 Å². The van der Waals surface area contributed by atoms with E-state index in [-0.39, 0.29) is 17.2 Å². The Morgan fingerprint density at radius 3 is 2.42 bits per heavy atom. The lowest BCUT2D eigenvalue weighted by Gasteiger charge is -2.31. The Hall–Kier alpha value is -2.68. The van der Waals surface area contributed by atoms with Crippen molar-refractivity contribution in [3.63, 3.8) is 0 Å². The maximum atomic E-state index is 12.3. The predicted molar refractivity (Wildman–Crippen MR) is 104 cm³/mol. The second-order valence-electron chi connectivity index (χ2n) is 7.29. The molecular formula is C23H24O3. The van der Waals surface area contributed by atoms with E-state index in [9.17, 15) is 9.59 Å². The van der Waals surface area contributed by atoms with Gasteiger partial charge < -0.3 is 4.74 Å². The van der Waals surface area contributed by atoms with Crippen LogP contribution in [0.4, 0.5) is 0 Å². The molecule has 1 aliphatic rings. The number of ketones is 1. The molecule has 0 atom stereocenters. The molecule has 1 aliphatic carbocycles. The van der Waals surface area contributed by atoms with Crippen LogP contribution in [0.1, 0.15) is 71.0 Å². The van der Waals surface area contributed by atoms with Crippen LogP contribution in [0.5, 0.6) is 0 Å². The van der Waals surface area contributed by atoms with E-state index in [1.807, 2.05) is 30.4 Å². The number of ether oxygens (including phenoxy) is 1. The second-order valence-corrected chi connectivity index (χ2v) is 7.29. The molecule has 0 amide bonds. The van der Waals surface area contributed by atoms with Gasteiger partial charge in [0, 0.05) is 12.0 Å². The van der Waals surface area contributed by atoms with Crippen molar-refractivity contribution in [2.24, 2.45) is 0 Å². The summed E-state index contributed by atoms with van der Waals surface area (Å²) in [6, 6.07) is 13.4. The first kappa shape index (κ1) is 18.1. The minimum atomic E-state index is -0.307. The highest BCUT2D eigenvalue weighted by molar-refractivity contribution is 5.99. The van der Waals surface area contributed by atoms with E-state index in [4.69, 9.17) is 4.74 Å². The normalized spacial score (nSPS) is 15.7. The summed E-state index contributed by atoms with van der Waals surface area (Å²) in [4.78, 5) is 24.0. The molecule has 0 fully saturated rings. The lowest BCUT2D eigenvalue weighted by molar-refractivity contribution is 0.0526. The molecule has 0 bridgehead atoms. The summed E-state index contributed by atoms with van der Waals surface area (Å²) in [5.74, 6) is -0.0767. The van der Waals surface area contributed by atoms with Crippen molar-refractivity contribution in [2.75, 3.05) is 6.61 Å². The van der Waals surface area contributed by atoms with Crippen LogP contribution in [0.15, 0.2) is 42.5 Å². The highest BCUT2D eigenvalue weighted by Gasteiger charge is 2.31. The Bertz CT molecular complexity index is 858. The van der Waals surface area contributed by atoms with Gasteiger partial charge in [0.15, 0.2) is 5.78 Å². The summed E-state index contributed by atoms with van der Waals surface area (Å²) in [5.41, 5.74) is 4.58. The fraction of sp³-hybridized carbons (Fsp3) is 0.304. The number of carbonyl (C=O) groups is 2. The van der Waals surface area contributed by atoms with E-state index in [1.165, 1.54) is 0 Å².